The first-order chi connectivity index (χ1) is 10.5. The van der Waals surface area contributed by atoms with Crippen molar-refractivity contribution < 1.29 is 17.6 Å². The van der Waals surface area contributed by atoms with Crippen LogP contribution in [0.5, 0.6) is 0 Å². The summed E-state index contributed by atoms with van der Waals surface area (Å²) < 4.78 is 52.4. The average Bonchev–Trinajstić information content (AvgIpc) is 2.94. The van der Waals surface area contributed by atoms with Crippen LogP contribution in [0.3, 0.4) is 0 Å². The molecule has 2 aromatic rings. The molecule has 0 aliphatic heterocycles. The lowest BCUT2D eigenvalue weighted by molar-refractivity contribution is 0.497. The van der Waals surface area contributed by atoms with Gasteiger partial charge in [-0.05, 0) is 72.9 Å². The van der Waals surface area contributed by atoms with Crippen LogP contribution in [0.25, 0.3) is 0 Å². The fourth-order valence-electron chi connectivity index (χ4n) is 3.33. The Morgan fingerprint density at radius 2 is 1.45 bits per heavy atom. The highest BCUT2D eigenvalue weighted by atomic mass is 19.2. The minimum absolute atomic E-state index is 0.199. The number of rotatable bonds is 3. The molecule has 2 atom stereocenters. The summed E-state index contributed by atoms with van der Waals surface area (Å²) in [7, 11) is 0. The Morgan fingerprint density at radius 3 is 2.14 bits per heavy atom. The van der Waals surface area contributed by atoms with Gasteiger partial charge in [-0.3, -0.25) is 0 Å². The molecular weight excluding hydrogens is 292 g/mol. The largest absolute Gasteiger partial charge is 0.204 e. The van der Waals surface area contributed by atoms with Crippen molar-refractivity contribution in [2.24, 2.45) is 5.92 Å². The molecule has 0 aromatic heterocycles. The Morgan fingerprint density at radius 1 is 0.773 bits per heavy atom. The van der Waals surface area contributed by atoms with E-state index in [2.05, 4.69) is 0 Å². The van der Waals surface area contributed by atoms with Crippen molar-refractivity contribution in [1.29, 1.82) is 0 Å². The second kappa shape index (κ2) is 6.11. The maximum Gasteiger partial charge on any atom is 0.159 e. The van der Waals surface area contributed by atoms with Crippen molar-refractivity contribution in [3.05, 3.63) is 70.8 Å². The molecule has 0 heterocycles. The summed E-state index contributed by atoms with van der Waals surface area (Å²) in [6.07, 6.45) is 3.38. The van der Waals surface area contributed by atoms with E-state index in [0.29, 0.717) is 12.3 Å². The van der Waals surface area contributed by atoms with Gasteiger partial charge in [0.25, 0.3) is 0 Å². The maximum absolute atomic E-state index is 13.3. The molecule has 1 saturated carbocycles. The Bertz CT molecular complexity index is 681. The fourth-order valence-corrected chi connectivity index (χ4v) is 3.33. The van der Waals surface area contributed by atoms with E-state index in [-0.39, 0.29) is 5.92 Å². The molecule has 1 aliphatic carbocycles. The van der Waals surface area contributed by atoms with Crippen LogP contribution >= 0.6 is 0 Å². The molecule has 1 fully saturated rings. The van der Waals surface area contributed by atoms with E-state index in [1.54, 1.807) is 12.1 Å². The number of benzene rings is 2. The third-order valence-electron chi connectivity index (χ3n) is 4.46. The smallest absolute Gasteiger partial charge is 0.159 e. The van der Waals surface area contributed by atoms with E-state index in [0.717, 1.165) is 42.5 Å². The van der Waals surface area contributed by atoms with Gasteiger partial charge in [0.2, 0.25) is 0 Å². The van der Waals surface area contributed by atoms with Crippen LogP contribution in [0, 0.1) is 29.2 Å². The van der Waals surface area contributed by atoms with Crippen molar-refractivity contribution >= 4 is 0 Å². The molecule has 116 valence electrons. The molecule has 0 spiro atoms. The Hall–Kier alpha value is -1.84. The lowest BCUT2D eigenvalue weighted by Crippen LogP contribution is -2.02. The second-order valence-corrected chi connectivity index (χ2v) is 6.00. The zero-order valence-electron chi connectivity index (χ0n) is 12.0. The van der Waals surface area contributed by atoms with Gasteiger partial charge >= 0.3 is 0 Å². The van der Waals surface area contributed by atoms with Crippen molar-refractivity contribution in [2.75, 3.05) is 0 Å². The summed E-state index contributed by atoms with van der Waals surface area (Å²) in [5.74, 6) is -2.77. The first kappa shape index (κ1) is 15.1. The molecule has 1 aliphatic rings. The highest BCUT2D eigenvalue weighted by Crippen LogP contribution is 2.40. The Labute approximate surface area is 126 Å². The summed E-state index contributed by atoms with van der Waals surface area (Å²) in [5.41, 5.74) is 1.58. The lowest BCUT2D eigenvalue weighted by Gasteiger charge is -2.12. The lowest BCUT2D eigenvalue weighted by atomic mass is 9.93. The van der Waals surface area contributed by atoms with Gasteiger partial charge in [-0.25, -0.2) is 17.6 Å². The topological polar surface area (TPSA) is 0 Å². The van der Waals surface area contributed by atoms with Crippen LogP contribution in [0.2, 0.25) is 0 Å². The molecular formula is C18H16F4. The highest BCUT2D eigenvalue weighted by molar-refractivity contribution is 5.24. The van der Waals surface area contributed by atoms with Crippen LogP contribution in [0.4, 0.5) is 17.6 Å². The van der Waals surface area contributed by atoms with E-state index in [1.807, 2.05) is 0 Å². The molecule has 3 rings (SSSR count). The van der Waals surface area contributed by atoms with Gasteiger partial charge in [0.05, 0.1) is 0 Å². The average molecular weight is 308 g/mol. The van der Waals surface area contributed by atoms with E-state index in [9.17, 15) is 17.6 Å². The van der Waals surface area contributed by atoms with E-state index in [1.165, 1.54) is 12.1 Å². The summed E-state index contributed by atoms with van der Waals surface area (Å²) in [5, 5.41) is 0. The molecule has 2 unspecified atom stereocenters. The molecule has 0 radical (unpaired) electrons. The minimum atomic E-state index is -0.838. The normalized spacial score (nSPS) is 21.3. The number of hydrogen-bond donors (Lipinski definition) is 0. The van der Waals surface area contributed by atoms with E-state index in [4.69, 9.17) is 0 Å². The van der Waals surface area contributed by atoms with Gasteiger partial charge in [-0.2, -0.15) is 0 Å². The SMILES string of the molecule is Fc1ccc(CC2CCC(c3ccc(F)c(F)c3)C2)cc1F. The summed E-state index contributed by atoms with van der Waals surface area (Å²) in [6.45, 7) is 0. The van der Waals surface area contributed by atoms with Crippen molar-refractivity contribution in [2.45, 2.75) is 31.6 Å². The van der Waals surface area contributed by atoms with Crippen molar-refractivity contribution in [3.8, 4) is 0 Å². The molecule has 4 heteroatoms. The van der Waals surface area contributed by atoms with E-state index < -0.39 is 23.3 Å². The molecule has 0 N–H and O–H groups in total. The predicted octanol–water partition coefficient (Wildman–Crippen LogP) is 5.37. The summed E-state index contributed by atoms with van der Waals surface area (Å²) >= 11 is 0. The first-order valence-electron chi connectivity index (χ1n) is 7.42. The number of halogens is 4. The van der Waals surface area contributed by atoms with Crippen LogP contribution in [0.1, 0.15) is 36.3 Å². The molecule has 0 saturated heterocycles. The maximum atomic E-state index is 13.3. The zero-order valence-corrected chi connectivity index (χ0v) is 12.0. The van der Waals surface area contributed by atoms with Gasteiger partial charge in [-0.1, -0.05) is 12.1 Å². The standard InChI is InChI=1S/C18H16F4/c19-15-5-2-12(9-17(15)21)7-11-1-3-13(8-11)14-4-6-16(20)18(22)10-14/h2,4-6,9-11,13H,1,3,7-8H2. The monoisotopic (exact) mass is 308 g/mol. The Balaban J connectivity index is 1.66. The van der Waals surface area contributed by atoms with Crippen LogP contribution in [-0.4, -0.2) is 0 Å². The van der Waals surface area contributed by atoms with Crippen molar-refractivity contribution in [1.82, 2.24) is 0 Å². The van der Waals surface area contributed by atoms with Crippen LogP contribution in [-0.2, 0) is 6.42 Å². The van der Waals surface area contributed by atoms with E-state index >= 15 is 0 Å². The molecule has 22 heavy (non-hydrogen) atoms. The highest BCUT2D eigenvalue weighted by Gasteiger charge is 2.26. The van der Waals surface area contributed by atoms with Gasteiger partial charge in [0, 0.05) is 0 Å². The molecule has 0 nitrogen and oxygen atoms in total. The van der Waals surface area contributed by atoms with Crippen LogP contribution in [0.15, 0.2) is 36.4 Å². The minimum Gasteiger partial charge on any atom is -0.204 e. The summed E-state index contributed by atoms with van der Waals surface area (Å²) in [6, 6.07) is 8.03. The zero-order chi connectivity index (χ0) is 15.7. The second-order valence-electron chi connectivity index (χ2n) is 6.00. The van der Waals surface area contributed by atoms with Gasteiger partial charge in [0.1, 0.15) is 0 Å². The van der Waals surface area contributed by atoms with Gasteiger partial charge in [-0.15, -0.1) is 0 Å². The number of hydrogen-bond acceptors (Lipinski definition) is 0. The Kier molecular flexibility index (Phi) is 4.19. The predicted molar refractivity (Wildman–Crippen MR) is 76.5 cm³/mol. The molecule has 0 bridgehead atoms. The molecule has 0 amide bonds. The van der Waals surface area contributed by atoms with Gasteiger partial charge in [0.15, 0.2) is 23.3 Å². The third-order valence-corrected chi connectivity index (χ3v) is 4.46. The van der Waals surface area contributed by atoms with Crippen LogP contribution < -0.4 is 0 Å². The third kappa shape index (κ3) is 3.16. The molecule has 2 aromatic carbocycles. The van der Waals surface area contributed by atoms with Gasteiger partial charge < -0.3 is 0 Å². The summed E-state index contributed by atoms with van der Waals surface area (Å²) in [4.78, 5) is 0. The van der Waals surface area contributed by atoms with Crippen molar-refractivity contribution in [3.63, 3.8) is 0 Å². The first-order valence-corrected chi connectivity index (χ1v) is 7.42. The fraction of sp³-hybridized carbons (Fsp3) is 0.333. The quantitative estimate of drug-likeness (QED) is 0.669.